The van der Waals surface area contributed by atoms with Gasteiger partial charge in [0.2, 0.25) is 10.0 Å². The molecule has 1 aliphatic carbocycles. The van der Waals surface area contributed by atoms with Crippen LogP contribution in [0.4, 0.5) is 0 Å². The molecule has 1 aromatic carbocycles. The van der Waals surface area contributed by atoms with Crippen LogP contribution in [0, 0.1) is 18.3 Å². The van der Waals surface area contributed by atoms with Gasteiger partial charge in [0.1, 0.15) is 15.7 Å². The lowest BCUT2D eigenvalue weighted by Gasteiger charge is -2.12. The van der Waals surface area contributed by atoms with Gasteiger partial charge in [0, 0.05) is 22.7 Å². The minimum absolute atomic E-state index is 0.0748. The third kappa shape index (κ3) is 3.77. The Hall–Kier alpha value is -2.28. The van der Waals surface area contributed by atoms with E-state index < -0.39 is 21.7 Å². The Balaban J connectivity index is 1.98. The quantitative estimate of drug-likeness (QED) is 0.726. The van der Waals surface area contributed by atoms with Crippen molar-refractivity contribution in [2.75, 3.05) is 7.11 Å². The van der Waals surface area contributed by atoms with E-state index >= 15 is 0 Å². The molecule has 26 heavy (non-hydrogen) atoms. The minimum atomic E-state index is -3.81. The first-order chi connectivity index (χ1) is 12.4. The second-order valence-electron chi connectivity index (χ2n) is 6.01. The van der Waals surface area contributed by atoms with Crippen molar-refractivity contribution in [2.24, 2.45) is 0 Å². The SMILES string of the molecule is COc1ccc(C(=O)C(C#N)c2nc(C)cs2)cc1S(=O)(=O)NC1CC1. The summed E-state index contributed by atoms with van der Waals surface area (Å²) >= 11 is 1.23. The van der Waals surface area contributed by atoms with Gasteiger partial charge in [-0.3, -0.25) is 4.79 Å². The van der Waals surface area contributed by atoms with Gasteiger partial charge < -0.3 is 4.74 Å². The average Bonchev–Trinajstić information content (AvgIpc) is 3.32. The molecular formula is C17H17N3O4S2. The molecule has 0 radical (unpaired) electrons. The number of aromatic nitrogens is 1. The van der Waals surface area contributed by atoms with Gasteiger partial charge in [-0.05, 0) is 38.0 Å². The van der Waals surface area contributed by atoms with Gasteiger partial charge in [-0.15, -0.1) is 11.3 Å². The summed E-state index contributed by atoms with van der Waals surface area (Å²) in [7, 11) is -2.45. The van der Waals surface area contributed by atoms with Crippen molar-refractivity contribution >= 4 is 27.1 Å². The molecule has 2 aromatic rings. The van der Waals surface area contributed by atoms with Crippen LogP contribution in [0.25, 0.3) is 0 Å². The minimum Gasteiger partial charge on any atom is -0.495 e. The van der Waals surface area contributed by atoms with Crippen molar-refractivity contribution in [3.63, 3.8) is 0 Å². The lowest BCUT2D eigenvalue weighted by molar-refractivity contribution is 0.0978. The molecule has 0 saturated heterocycles. The smallest absolute Gasteiger partial charge is 0.244 e. The number of ketones is 1. The van der Waals surface area contributed by atoms with E-state index in [1.165, 1.54) is 36.6 Å². The highest BCUT2D eigenvalue weighted by Gasteiger charge is 2.31. The molecule has 1 atom stereocenters. The Morgan fingerprint density at radius 3 is 2.73 bits per heavy atom. The molecule has 1 N–H and O–H groups in total. The maximum atomic E-state index is 12.8. The number of rotatable bonds is 7. The van der Waals surface area contributed by atoms with Gasteiger partial charge in [0.05, 0.1) is 13.2 Å². The number of ether oxygens (including phenoxy) is 1. The largest absolute Gasteiger partial charge is 0.495 e. The molecule has 1 aliphatic rings. The molecule has 1 saturated carbocycles. The zero-order valence-electron chi connectivity index (χ0n) is 14.2. The van der Waals surface area contributed by atoms with Crippen LogP contribution in [0.5, 0.6) is 5.75 Å². The number of nitriles is 1. The van der Waals surface area contributed by atoms with Crippen LogP contribution < -0.4 is 9.46 Å². The van der Waals surface area contributed by atoms with Crippen molar-refractivity contribution in [2.45, 2.75) is 36.6 Å². The predicted molar refractivity (Wildman–Crippen MR) is 95.9 cm³/mol. The normalized spacial score (nSPS) is 15.3. The highest BCUT2D eigenvalue weighted by Crippen LogP contribution is 2.30. The molecule has 136 valence electrons. The fraction of sp³-hybridized carbons (Fsp3) is 0.353. The van der Waals surface area contributed by atoms with Gasteiger partial charge in [0.15, 0.2) is 11.7 Å². The monoisotopic (exact) mass is 391 g/mol. The van der Waals surface area contributed by atoms with Gasteiger partial charge in [0.25, 0.3) is 0 Å². The molecule has 0 amide bonds. The molecule has 9 heteroatoms. The first-order valence-electron chi connectivity index (χ1n) is 7.92. The third-order valence-electron chi connectivity index (χ3n) is 3.91. The summed E-state index contributed by atoms with van der Waals surface area (Å²) in [6.07, 6.45) is 1.58. The number of nitrogens with zero attached hydrogens (tertiary/aromatic N) is 2. The van der Waals surface area contributed by atoms with E-state index in [0.29, 0.717) is 5.01 Å². The van der Waals surface area contributed by atoms with Crippen molar-refractivity contribution in [1.29, 1.82) is 5.26 Å². The molecule has 0 aliphatic heterocycles. The van der Waals surface area contributed by atoms with Crippen LogP contribution in [0.1, 0.15) is 39.8 Å². The molecule has 0 spiro atoms. The summed E-state index contributed by atoms with van der Waals surface area (Å²) in [5.41, 5.74) is 0.853. The number of sulfonamides is 1. The zero-order valence-corrected chi connectivity index (χ0v) is 15.9. The first kappa shape index (κ1) is 18.5. The van der Waals surface area contributed by atoms with E-state index in [2.05, 4.69) is 9.71 Å². The lowest BCUT2D eigenvalue weighted by atomic mass is 9.99. The summed E-state index contributed by atoms with van der Waals surface area (Å²) in [5, 5.41) is 11.6. The van der Waals surface area contributed by atoms with Crippen LogP contribution in [0.2, 0.25) is 0 Å². The Morgan fingerprint density at radius 2 is 2.19 bits per heavy atom. The average molecular weight is 391 g/mol. The lowest BCUT2D eigenvalue weighted by Crippen LogP contribution is -2.26. The summed E-state index contributed by atoms with van der Waals surface area (Å²) < 4.78 is 32.9. The number of thiazole rings is 1. The Kier molecular flexibility index (Phi) is 5.09. The molecule has 1 heterocycles. The molecular weight excluding hydrogens is 374 g/mol. The molecule has 3 rings (SSSR count). The zero-order chi connectivity index (χ0) is 18.9. The number of carbonyl (C=O) groups is 1. The number of hydrogen-bond acceptors (Lipinski definition) is 7. The second-order valence-corrected chi connectivity index (χ2v) is 8.59. The highest BCUT2D eigenvalue weighted by molar-refractivity contribution is 7.89. The fourth-order valence-electron chi connectivity index (χ4n) is 2.42. The van der Waals surface area contributed by atoms with Crippen LogP contribution in [0.3, 0.4) is 0 Å². The molecule has 0 bridgehead atoms. The standard InChI is InChI=1S/C17H17N3O4S2/c1-10-9-25-17(19-10)13(8-18)16(21)11-3-6-14(24-2)15(7-11)26(22,23)20-12-4-5-12/h3,6-7,9,12-13,20H,4-5H2,1-2H3. The summed E-state index contributed by atoms with van der Waals surface area (Å²) in [4.78, 5) is 16.9. The van der Waals surface area contributed by atoms with E-state index in [-0.39, 0.29) is 22.3 Å². The van der Waals surface area contributed by atoms with Gasteiger partial charge in [-0.1, -0.05) is 0 Å². The Bertz CT molecular complexity index is 988. The molecule has 7 nitrogen and oxygen atoms in total. The summed E-state index contributed by atoms with van der Waals surface area (Å²) in [5.74, 6) is -1.42. The van der Waals surface area contributed by atoms with Crippen LogP contribution in [-0.2, 0) is 10.0 Å². The maximum Gasteiger partial charge on any atom is 0.244 e. The Morgan fingerprint density at radius 1 is 1.46 bits per heavy atom. The van der Waals surface area contributed by atoms with Gasteiger partial charge in [-0.2, -0.15) is 5.26 Å². The number of aryl methyl sites for hydroxylation is 1. The summed E-state index contributed by atoms with van der Waals surface area (Å²) in [6, 6.07) is 6.03. The van der Waals surface area contributed by atoms with Crippen LogP contribution in [-0.4, -0.2) is 32.3 Å². The van der Waals surface area contributed by atoms with Crippen molar-refractivity contribution in [3.05, 3.63) is 39.8 Å². The number of hydrogen-bond donors (Lipinski definition) is 1. The van der Waals surface area contributed by atoms with Gasteiger partial charge >= 0.3 is 0 Å². The van der Waals surface area contributed by atoms with Gasteiger partial charge in [-0.25, -0.2) is 18.1 Å². The predicted octanol–water partition coefficient (Wildman–Crippen LogP) is 2.39. The van der Waals surface area contributed by atoms with Crippen LogP contribution in [0.15, 0.2) is 28.5 Å². The molecule has 1 fully saturated rings. The molecule has 1 unspecified atom stereocenters. The molecule has 1 aromatic heterocycles. The topological polar surface area (TPSA) is 109 Å². The van der Waals surface area contributed by atoms with E-state index in [1.807, 2.05) is 6.07 Å². The second kappa shape index (κ2) is 7.15. The van der Waals surface area contributed by atoms with Crippen molar-refractivity contribution < 1.29 is 17.9 Å². The van der Waals surface area contributed by atoms with E-state index in [1.54, 1.807) is 12.3 Å². The summed E-state index contributed by atoms with van der Waals surface area (Å²) in [6.45, 7) is 1.78. The van der Waals surface area contributed by atoms with Crippen molar-refractivity contribution in [1.82, 2.24) is 9.71 Å². The maximum absolute atomic E-state index is 12.8. The van der Waals surface area contributed by atoms with E-state index in [4.69, 9.17) is 4.74 Å². The van der Waals surface area contributed by atoms with E-state index in [9.17, 15) is 18.5 Å². The van der Waals surface area contributed by atoms with Crippen LogP contribution >= 0.6 is 11.3 Å². The van der Waals surface area contributed by atoms with E-state index in [0.717, 1.165) is 18.5 Å². The number of nitrogens with one attached hydrogen (secondary N) is 1. The number of Topliss-reactive ketones (excluding diaryl/α,β-unsaturated/α-hetero) is 1. The third-order valence-corrected chi connectivity index (χ3v) is 6.48. The van der Waals surface area contributed by atoms with Crippen molar-refractivity contribution in [3.8, 4) is 11.8 Å². The first-order valence-corrected chi connectivity index (χ1v) is 10.3. The number of methoxy groups -OCH3 is 1. The highest BCUT2D eigenvalue weighted by atomic mass is 32.2. The number of carbonyl (C=O) groups excluding carboxylic acids is 1. The number of benzene rings is 1. The Labute approximate surface area is 155 Å². The fourth-order valence-corrected chi connectivity index (χ4v) is 4.76.